The van der Waals surface area contributed by atoms with Crippen LogP contribution in [-0.4, -0.2) is 29.6 Å². The molecule has 1 aliphatic carbocycles. The Morgan fingerprint density at radius 2 is 1.43 bits per heavy atom. The Labute approximate surface area is 170 Å². The summed E-state index contributed by atoms with van der Waals surface area (Å²) < 4.78 is 0. The summed E-state index contributed by atoms with van der Waals surface area (Å²) in [5.74, 6) is 0.279. The molecule has 1 aliphatic heterocycles. The molecular weight excluding hydrogens is 342 g/mol. The smallest absolute Gasteiger partial charge is 0.120 e. The van der Waals surface area contributed by atoms with E-state index in [-0.39, 0.29) is 5.92 Å². The third-order valence-corrected chi connectivity index (χ3v) is 6.91. The summed E-state index contributed by atoms with van der Waals surface area (Å²) in [5, 5.41) is 12.0. The zero-order valence-corrected chi connectivity index (χ0v) is 17.4. The Hall–Kier alpha value is -1.64. The summed E-state index contributed by atoms with van der Waals surface area (Å²) in [7, 11) is 0. The Kier molecular flexibility index (Phi) is 6.18. The molecule has 0 bridgehead atoms. The fourth-order valence-electron chi connectivity index (χ4n) is 5.35. The fourth-order valence-corrected chi connectivity index (χ4v) is 5.35. The highest BCUT2D eigenvalue weighted by molar-refractivity contribution is 5.80. The number of likely N-dealkylation sites (tertiary alicyclic amines) is 1. The average molecular weight is 378 g/mol. The molecule has 2 aromatic rings. The van der Waals surface area contributed by atoms with E-state index in [1.807, 2.05) is 0 Å². The third kappa shape index (κ3) is 3.65. The molecule has 28 heavy (non-hydrogen) atoms. The molecule has 4 rings (SSSR count). The van der Waals surface area contributed by atoms with Crippen molar-refractivity contribution in [2.45, 2.75) is 63.9 Å². The van der Waals surface area contributed by atoms with Gasteiger partial charge in [-0.15, -0.1) is 0 Å². The van der Waals surface area contributed by atoms with Crippen LogP contribution in [0.3, 0.4) is 0 Å². The highest BCUT2D eigenvalue weighted by Gasteiger charge is 2.49. The molecule has 0 spiro atoms. The molecule has 1 saturated heterocycles. The maximum atomic E-state index is 12.0. The van der Waals surface area contributed by atoms with Crippen LogP contribution in [0.25, 0.3) is 11.1 Å². The molecule has 2 heteroatoms. The predicted molar refractivity (Wildman–Crippen MR) is 117 cm³/mol. The van der Waals surface area contributed by atoms with Crippen LogP contribution in [0.2, 0.25) is 0 Å². The van der Waals surface area contributed by atoms with Gasteiger partial charge in [0.15, 0.2) is 0 Å². The second kappa shape index (κ2) is 8.80. The van der Waals surface area contributed by atoms with Crippen LogP contribution in [0, 0.1) is 5.92 Å². The second-order valence-electron chi connectivity index (χ2n) is 8.77. The van der Waals surface area contributed by atoms with Crippen molar-refractivity contribution >= 4 is 0 Å². The van der Waals surface area contributed by atoms with Gasteiger partial charge >= 0.3 is 0 Å². The summed E-state index contributed by atoms with van der Waals surface area (Å²) in [5.41, 5.74) is 3.82. The average Bonchev–Trinajstić information content (AvgIpc) is 3.31. The van der Waals surface area contributed by atoms with Crippen molar-refractivity contribution in [1.82, 2.24) is 4.90 Å². The molecular formula is C26H35NO. The lowest BCUT2D eigenvalue weighted by molar-refractivity contribution is 0.0242. The van der Waals surface area contributed by atoms with Crippen LogP contribution < -0.4 is 0 Å². The topological polar surface area (TPSA) is 23.5 Å². The molecule has 0 saturated carbocycles. The Morgan fingerprint density at radius 3 is 2.07 bits per heavy atom. The largest absolute Gasteiger partial charge is 0.380 e. The first kappa shape index (κ1) is 19.7. The first-order valence-corrected chi connectivity index (χ1v) is 11.4. The van der Waals surface area contributed by atoms with Crippen LogP contribution in [0.1, 0.15) is 69.4 Å². The summed E-state index contributed by atoms with van der Waals surface area (Å²) in [4.78, 5) is 2.58. The summed E-state index contributed by atoms with van der Waals surface area (Å²) >= 11 is 0. The number of benzene rings is 2. The SMILES string of the molecule is CCCCCCCCCN1CCC(C2(O)c3ccccc3-c3ccccc32)C1. The number of hydrogen-bond donors (Lipinski definition) is 1. The van der Waals surface area contributed by atoms with E-state index in [4.69, 9.17) is 0 Å². The molecule has 0 radical (unpaired) electrons. The van der Waals surface area contributed by atoms with Crippen molar-refractivity contribution in [3.63, 3.8) is 0 Å². The summed E-state index contributed by atoms with van der Waals surface area (Å²) in [6.45, 7) is 5.59. The Bertz CT molecular complexity index is 738. The quantitative estimate of drug-likeness (QED) is 0.544. The van der Waals surface area contributed by atoms with Gasteiger partial charge in [-0.25, -0.2) is 0 Å². The van der Waals surface area contributed by atoms with Crippen LogP contribution in [0.4, 0.5) is 0 Å². The van der Waals surface area contributed by atoms with Gasteiger partial charge in [-0.2, -0.15) is 0 Å². The van der Waals surface area contributed by atoms with Gasteiger partial charge in [0.2, 0.25) is 0 Å². The summed E-state index contributed by atoms with van der Waals surface area (Å²) in [6, 6.07) is 16.9. The predicted octanol–water partition coefficient (Wildman–Crippen LogP) is 5.98. The van der Waals surface area contributed by atoms with Crippen molar-refractivity contribution in [2.75, 3.05) is 19.6 Å². The van der Waals surface area contributed by atoms with Gasteiger partial charge in [0.25, 0.3) is 0 Å². The third-order valence-electron chi connectivity index (χ3n) is 6.91. The molecule has 150 valence electrons. The minimum atomic E-state index is -0.831. The van der Waals surface area contributed by atoms with Crippen molar-refractivity contribution in [3.8, 4) is 11.1 Å². The van der Waals surface area contributed by atoms with E-state index in [0.29, 0.717) is 0 Å². The van der Waals surface area contributed by atoms with Gasteiger partial charge in [0.05, 0.1) is 0 Å². The van der Waals surface area contributed by atoms with Gasteiger partial charge < -0.3 is 10.0 Å². The van der Waals surface area contributed by atoms with Gasteiger partial charge in [0.1, 0.15) is 5.60 Å². The monoisotopic (exact) mass is 377 g/mol. The number of hydrogen-bond acceptors (Lipinski definition) is 2. The number of nitrogens with zero attached hydrogens (tertiary/aromatic N) is 1. The first-order chi connectivity index (χ1) is 13.7. The molecule has 1 N–H and O–H groups in total. The molecule has 2 nitrogen and oxygen atoms in total. The van der Waals surface area contributed by atoms with Crippen LogP contribution >= 0.6 is 0 Å². The minimum absolute atomic E-state index is 0.279. The second-order valence-corrected chi connectivity index (χ2v) is 8.77. The van der Waals surface area contributed by atoms with E-state index in [2.05, 4.69) is 60.4 Å². The highest BCUT2D eigenvalue weighted by atomic mass is 16.3. The van der Waals surface area contributed by atoms with Crippen molar-refractivity contribution in [1.29, 1.82) is 0 Å². The van der Waals surface area contributed by atoms with E-state index >= 15 is 0 Å². The molecule has 1 atom stereocenters. The molecule has 0 aromatic heterocycles. The number of fused-ring (bicyclic) bond motifs is 3. The Balaban J connectivity index is 1.39. The maximum absolute atomic E-state index is 12.0. The molecule has 1 fully saturated rings. The van der Waals surface area contributed by atoms with Crippen molar-refractivity contribution < 1.29 is 5.11 Å². The normalized spacial score (nSPS) is 20.3. The van der Waals surface area contributed by atoms with Gasteiger partial charge in [0, 0.05) is 12.5 Å². The Morgan fingerprint density at radius 1 is 0.857 bits per heavy atom. The van der Waals surface area contributed by atoms with E-state index < -0.39 is 5.60 Å². The highest BCUT2D eigenvalue weighted by Crippen LogP contribution is 2.52. The zero-order valence-electron chi connectivity index (χ0n) is 17.4. The van der Waals surface area contributed by atoms with E-state index in [1.54, 1.807) is 0 Å². The maximum Gasteiger partial charge on any atom is 0.120 e. The van der Waals surface area contributed by atoms with Gasteiger partial charge in [-0.3, -0.25) is 0 Å². The fraction of sp³-hybridized carbons (Fsp3) is 0.538. The minimum Gasteiger partial charge on any atom is -0.380 e. The van der Waals surface area contributed by atoms with E-state index in [1.165, 1.54) is 62.6 Å². The van der Waals surface area contributed by atoms with Crippen LogP contribution in [-0.2, 0) is 5.60 Å². The number of aliphatic hydroxyl groups is 1. The van der Waals surface area contributed by atoms with E-state index in [9.17, 15) is 5.11 Å². The van der Waals surface area contributed by atoms with Crippen molar-refractivity contribution in [2.24, 2.45) is 5.92 Å². The number of unbranched alkanes of at least 4 members (excludes halogenated alkanes) is 6. The lowest BCUT2D eigenvalue weighted by atomic mass is 9.79. The first-order valence-electron chi connectivity index (χ1n) is 11.4. The molecule has 2 aliphatic rings. The molecule has 2 aromatic carbocycles. The molecule has 1 unspecified atom stereocenters. The number of rotatable bonds is 9. The lowest BCUT2D eigenvalue weighted by Crippen LogP contribution is -2.36. The standard InChI is InChI=1S/C26H35NO/c1-2-3-4-5-6-7-12-18-27-19-17-21(20-27)26(28)24-15-10-8-13-22(24)23-14-9-11-16-25(23)26/h8-11,13-16,21,28H,2-7,12,17-20H2,1H3. The zero-order chi connectivity index (χ0) is 19.4. The lowest BCUT2D eigenvalue weighted by Gasteiger charge is -2.32. The molecule has 0 amide bonds. The van der Waals surface area contributed by atoms with E-state index in [0.717, 1.165) is 30.6 Å². The van der Waals surface area contributed by atoms with Gasteiger partial charge in [-0.1, -0.05) is 94.0 Å². The van der Waals surface area contributed by atoms with Crippen LogP contribution in [0.15, 0.2) is 48.5 Å². The van der Waals surface area contributed by atoms with Crippen molar-refractivity contribution in [3.05, 3.63) is 59.7 Å². The summed E-state index contributed by atoms with van der Waals surface area (Å²) in [6.07, 6.45) is 10.6. The van der Waals surface area contributed by atoms with Gasteiger partial charge in [-0.05, 0) is 48.2 Å². The van der Waals surface area contributed by atoms with Crippen LogP contribution in [0.5, 0.6) is 0 Å². The molecule has 1 heterocycles.